The zero-order valence-corrected chi connectivity index (χ0v) is 26.7. The average Bonchev–Trinajstić information content (AvgIpc) is 3.70. The fourth-order valence-electron chi connectivity index (χ4n) is 7.45. The number of benzene rings is 7. The molecular weight excluding hydrogens is 611 g/mol. The van der Waals surface area contributed by atoms with Crippen molar-refractivity contribution < 1.29 is 0 Å². The highest BCUT2D eigenvalue weighted by Crippen LogP contribution is 2.39. The predicted molar refractivity (Wildman–Crippen MR) is 200 cm³/mol. The van der Waals surface area contributed by atoms with E-state index in [0.29, 0.717) is 16.7 Å². The lowest BCUT2D eigenvalue weighted by Gasteiger charge is -2.16. The topological polar surface area (TPSA) is 81.2 Å². The SMILES string of the molecule is N#Cc1ccc2c(c1)c1c(C#N)cccc1n2-c1ccc(-c2cccc(-c3cccc(C#N)c3-n3c4ccccc4c4ccccc43)c2)cc1. The molecule has 0 saturated heterocycles. The molecule has 5 heteroatoms. The van der Waals surface area contributed by atoms with Crippen molar-refractivity contribution >= 4 is 43.6 Å². The molecule has 0 fully saturated rings. The maximum absolute atomic E-state index is 10.4. The first-order chi connectivity index (χ1) is 24.7. The van der Waals surface area contributed by atoms with Crippen LogP contribution in [-0.2, 0) is 0 Å². The molecule has 0 aliphatic rings. The van der Waals surface area contributed by atoms with E-state index in [1.165, 1.54) is 0 Å². The van der Waals surface area contributed by atoms with Gasteiger partial charge in [-0.2, -0.15) is 15.8 Å². The van der Waals surface area contributed by atoms with E-state index in [2.05, 4.69) is 118 Å². The third-order valence-electron chi connectivity index (χ3n) is 9.63. The zero-order chi connectivity index (χ0) is 33.8. The average molecular weight is 636 g/mol. The van der Waals surface area contributed by atoms with Crippen LogP contribution in [0, 0.1) is 34.0 Å². The number of nitrogens with zero attached hydrogens (tertiary/aromatic N) is 5. The van der Waals surface area contributed by atoms with Crippen molar-refractivity contribution in [3.63, 3.8) is 0 Å². The van der Waals surface area contributed by atoms with Crippen LogP contribution in [0.5, 0.6) is 0 Å². The van der Waals surface area contributed by atoms with Crippen molar-refractivity contribution in [1.29, 1.82) is 15.8 Å². The van der Waals surface area contributed by atoms with Crippen molar-refractivity contribution in [2.75, 3.05) is 0 Å². The van der Waals surface area contributed by atoms with Gasteiger partial charge >= 0.3 is 0 Å². The summed E-state index contributed by atoms with van der Waals surface area (Å²) in [5.41, 5.74) is 11.6. The van der Waals surface area contributed by atoms with Gasteiger partial charge in [0.1, 0.15) is 6.07 Å². The molecule has 0 unspecified atom stereocenters. The Kier molecular flexibility index (Phi) is 6.56. The maximum Gasteiger partial charge on any atom is 0.101 e. The van der Waals surface area contributed by atoms with E-state index in [9.17, 15) is 15.8 Å². The summed E-state index contributed by atoms with van der Waals surface area (Å²) in [6.07, 6.45) is 0. The third kappa shape index (κ3) is 4.31. The van der Waals surface area contributed by atoms with Crippen LogP contribution in [0.4, 0.5) is 0 Å². The molecule has 2 aromatic heterocycles. The highest BCUT2D eigenvalue weighted by Gasteiger charge is 2.19. The Morgan fingerprint density at radius 2 is 1.02 bits per heavy atom. The molecular formula is C45H25N5. The van der Waals surface area contributed by atoms with E-state index >= 15 is 0 Å². The van der Waals surface area contributed by atoms with Crippen LogP contribution in [0.1, 0.15) is 16.7 Å². The minimum atomic E-state index is 0.557. The summed E-state index contributed by atoms with van der Waals surface area (Å²) >= 11 is 0. The number of aromatic nitrogens is 2. The number of hydrogen-bond acceptors (Lipinski definition) is 3. The lowest BCUT2D eigenvalue weighted by atomic mass is 9.96. The van der Waals surface area contributed by atoms with Gasteiger partial charge in [-0.1, -0.05) is 84.9 Å². The summed E-state index contributed by atoms with van der Waals surface area (Å²) in [6, 6.07) is 57.9. The fourth-order valence-corrected chi connectivity index (χ4v) is 7.45. The molecule has 50 heavy (non-hydrogen) atoms. The molecule has 5 nitrogen and oxygen atoms in total. The predicted octanol–water partition coefficient (Wildman–Crippen LogP) is 10.8. The molecule has 0 aliphatic heterocycles. The van der Waals surface area contributed by atoms with Crippen molar-refractivity contribution in [3.8, 4) is 51.8 Å². The monoisotopic (exact) mass is 635 g/mol. The lowest BCUT2D eigenvalue weighted by Crippen LogP contribution is -2.00. The number of hydrogen-bond donors (Lipinski definition) is 0. The van der Waals surface area contributed by atoms with E-state index in [-0.39, 0.29) is 0 Å². The Balaban J connectivity index is 1.18. The Bertz CT molecular complexity index is 2900. The van der Waals surface area contributed by atoms with Crippen LogP contribution in [0.3, 0.4) is 0 Å². The van der Waals surface area contributed by atoms with Gasteiger partial charge in [-0.25, -0.2) is 0 Å². The van der Waals surface area contributed by atoms with E-state index < -0.39 is 0 Å². The van der Waals surface area contributed by atoms with Crippen molar-refractivity contribution in [2.45, 2.75) is 0 Å². The molecule has 9 rings (SSSR count). The van der Waals surface area contributed by atoms with E-state index in [1.54, 1.807) is 0 Å². The second-order valence-electron chi connectivity index (χ2n) is 12.3. The third-order valence-corrected chi connectivity index (χ3v) is 9.63. The Morgan fingerprint density at radius 1 is 0.400 bits per heavy atom. The molecule has 0 saturated carbocycles. The van der Waals surface area contributed by atoms with E-state index in [1.807, 2.05) is 60.7 Å². The molecule has 2 heterocycles. The summed E-state index contributed by atoms with van der Waals surface area (Å²) in [4.78, 5) is 0. The minimum Gasteiger partial charge on any atom is -0.309 e. The van der Waals surface area contributed by atoms with Crippen LogP contribution in [-0.4, -0.2) is 9.13 Å². The van der Waals surface area contributed by atoms with Gasteiger partial charge in [0.25, 0.3) is 0 Å². The number of fused-ring (bicyclic) bond motifs is 6. The lowest BCUT2D eigenvalue weighted by molar-refractivity contribution is 1.17. The van der Waals surface area contributed by atoms with Gasteiger partial charge in [-0.05, 0) is 83.4 Å². The highest BCUT2D eigenvalue weighted by atomic mass is 15.0. The zero-order valence-electron chi connectivity index (χ0n) is 26.7. The van der Waals surface area contributed by atoms with Gasteiger partial charge in [0.15, 0.2) is 0 Å². The number of rotatable bonds is 4. The largest absolute Gasteiger partial charge is 0.309 e. The second-order valence-corrected chi connectivity index (χ2v) is 12.3. The van der Waals surface area contributed by atoms with Crippen molar-refractivity contribution in [2.24, 2.45) is 0 Å². The van der Waals surface area contributed by atoms with Gasteiger partial charge in [-0.3, -0.25) is 0 Å². The molecule has 0 aliphatic carbocycles. The molecule has 0 bridgehead atoms. The normalized spacial score (nSPS) is 11.1. The molecule has 0 N–H and O–H groups in total. The van der Waals surface area contributed by atoms with Gasteiger partial charge in [0, 0.05) is 32.8 Å². The summed E-state index contributed by atoms with van der Waals surface area (Å²) in [7, 11) is 0. The standard InChI is InChI=1S/C45H25N5/c46-26-29-18-23-42-39(24-29)44-33(27-47)10-7-17-43(44)49(42)35-21-19-30(20-22-35)31-8-5-9-32(25-31)36-14-6-11-34(28-48)45(36)50-40-15-3-1-12-37(40)38-13-2-4-16-41(38)50/h1-25H. The van der Waals surface area contributed by atoms with Gasteiger partial charge in [-0.15, -0.1) is 0 Å². The van der Waals surface area contributed by atoms with E-state index in [0.717, 1.165) is 77.2 Å². The quantitative estimate of drug-likeness (QED) is 0.193. The molecule has 0 atom stereocenters. The number of nitriles is 3. The first-order valence-corrected chi connectivity index (χ1v) is 16.3. The van der Waals surface area contributed by atoms with E-state index in [4.69, 9.17) is 0 Å². The fraction of sp³-hybridized carbons (Fsp3) is 0. The van der Waals surface area contributed by atoms with Crippen LogP contribution < -0.4 is 0 Å². The number of para-hydroxylation sites is 3. The summed E-state index contributed by atoms with van der Waals surface area (Å²) in [5.74, 6) is 0. The Labute approximate surface area is 287 Å². The Morgan fingerprint density at radius 3 is 1.74 bits per heavy atom. The smallest absolute Gasteiger partial charge is 0.101 e. The van der Waals surface area contributed by atoms with Crippen LogP contribution in [0.25, 0.3) is 77.2 Å². The second kappa shape index (κ2) is 11.4. The summed E-state index contributed by atoms with van der Waals surface area (Å²) in [6.45, 7) is 0. The van der Waals surface area contributed by atoms with Crippen LogP contribution in [0.2, 0.25) is 0 Å². The van der Waals surface area contributed by atoms with Gasteiger partial charge in [0.05, 0.1) is 56.6 Å². The van der Waals surface area contributed by atoms with Crippen LogP contribution >= 0.6 is 0 Å². The highest BCUT2D eigenvalue weighted by molar-refractivity contribution is 6.12. The molecule has 9 aromatic rings. The molecule has 0 spiro atoms. The summed E-state index contributed by atoms with van der Waals surface area (Å²) < 4.78 is 4.38. The Hall–Kier alpha value is -7.39. The molecule has 7 aromatic carbocycles. The van der Waals surface area contributed by atoms with Crippen molar-refractivity contribution in [3.05, 3.63) is 168 Å². The van der Waals surface area contributed by atoms with Gasteiger partial charge in [0.2, 0.25) is 0 Å². The maximum atomic E-state index is 10.4. The molecule has 0 amide bonds. The summed E-state index contributed by atoms with van der Waals surface area (Å²) in [5, 5.41) is 33.9. The first kappa shape index (κ1) is 28.8. The molecule has 0 radical (unpaired) electrons. The molecule has 230 valence electrons. The first-order valence-electron chi connectivity index (χ1n) is 16.3. The van der Waals surface area contributed by atoms with Crippen LogP contribution in [0.15, 0.2) is 152 Å². The van der Waals surface area contributed by atoms with Crippen molar-refractivity contribution in [1.82, 2.24) is 9.13 Å². The minimum absolute atomic E-state index is 0.557. The van der Waals surface area contributed by atoms with Gasteiger partial charge < -0.3 is 9.13 Å².